The molecule has 5 nitrogen and oxygen atoms in total. The lowest BCUT2D eigenvalue weighted by molar-refractivity contribution is -0.384. The van der Waals surface area contributed by atoms with E-state index in [4.69, 9.17) is 4.99 Å². The van der Waals surface area contributed by atoms with Crippen LogP contribution in [0.25, 0.3) is 0 Å². The lowest BCUT2D eigenvalue weighted by Gasteiger charge is -2.35. The summed E-state index contributed by atoms with van der Waals surface area (Å²) in [4.78, 5) is 18.0. The molecule has 0 bridgehead atoms. The van der Waals surface area contributed by atoms with Gasteiger partial charge in [-0.2, -0.15) is 0 Å². The minimum Gasteiger partial charge on any atom is -0.347 e. The van der Waals surface area contributed by atoms with Gasteiger partial charge in [-0.05, 0) is 49.7 Å². The summed E-state index contributed by atoms with van der Waals surface area (Å²) in [6, 6.07) is 5.50. The van der Waals surface area contributed by atoms with E-state index in [1.54, 1.807) is 18.2 Å². The fourth-order valence-electron chi connectivity index (χ4n) is 3.50. The van der Waals surface area contributed by atoms with Crippen molar-refractivity contribution in [3.63, 3.8) is 0 Å². The lowest BCUT2D eigenvalue weighted by Crippen LogP contribution is -2.40. The van der Waals surface area contributed by atoms with Crippen molar-refractivity contribution >= 4 is 28.3 Å². The SMILES string of the molecule is Cc1cc([N+](=O)[O-])ccc1/N=C1\SC[C@H](CC(C)C)N1CC1CCC1. The first-order valence-corrected chi connectivity index (χ1v) is 10.2. The molecule has 1 aromatic carbocycles. The van der Waals surface area contributed by atoms with Crippen LogP contribution in [0.1, 0.15) is 45.1 Å². The average molecular weight is 362 g/mol. The van der Waals surface area contributed by atoms with E-state index in [-0.39, 0.29) is 10.6 Å². The second-order valence-corrected chi connectivity index (χ2v) is 8.65. The molecule has 25 heavy (non-hydrogen) atoms. The number of aryl methyl sites for hydroxylation is 1. The molecule has 6 heteroatoms. The monoisotopic (exact) mass is 361 g/mol. The summed E-state index contributed by atoms with van der Waals surface area (Å²) in [5.41, 5.74) is 1.83. The van der Waals surface area contributed by atoms with E-state index in [1.807, 2.05) is 18.7 Å². The van der Waals surface area contributed by atoms with E-state index in [1.165, 1.54) is 25.7 Å². The molecule has 2 aliphatic rings. The van der Waals surface area contributed by atoms with Crippen LogP contribution >= 0.6 is 11.8 Å². The Morgan fingerprint density at radius 1 is 1.40 bits per heavy atom. The molecular formula is C19H27N3O2S. The minimum absolute atomic E-state index is 0.129. The third kappa shape index (κ3) is 4.35. The Bertz CT molecular complexity index is 671. The normalized spacial score (nSPS) is 22.6. The van der Waals surface area contributed by atoms with E-state index >= 15 is 0 Å². The molecule has 0 unspecified atom stereocenters. The number of hydrogen-bond acceptors (Lipinski definition) is 4. The van der Waals surface area contributed by atoms with E-state index < -0.39 is 0 Å². The molecule has 0 aromatic heterocycles. The number of nitrogens with zero attached hydrogens (tertiary/aromatic N) is 3. The zero-order chi connectivity index (χ0) is 18.0. The molecule has 136 valence electrons. The largest absolute Gasteiger partial charge is 0.347 e. The molecule has 1 aliphatic heterocycles. The molecule has 1 atom stereocenters. The van der Waals surface area contributed by atoms with Crippen molar-refractivity contribution in [3.8, 4) is 0 Å². The molecule has 0 N–H and O–H groups in total. The average Bonchev–Trinajstić information content (AvgIpc) is 2.86. The smallest absolute Gasteiger partial charge is 0.269 e. The number of benzene rings is 1. The summed E-state index contributed by atoms with van der Waals surface area (Å²) < 4.78 is 0. The minimum atomic E-state index is -0.351. The number of amidine groups is 1. The molecule has 0 amide bonds. The zero-order valence-corrected chi connectivity index (χ0v) is 16.1. The van der Waals surface area contributed by atoms with Crippen LogP contribution in [0.3, 0.4) is 0 Å². The van der Waals surface area contributed by atoms with Crippen LogP contribution in [-0.4, -0.2) is 33.3 Å². The van der Waals surface area contributed by atoms with Crippen LogP contribution in [0.5, 0.6) is 0 Å². The van der Waals surface area contributed by atoms with Crippen LogP contribution in [0.2, 0.25) is 0 Å². The van der Waals surface area contributed by atoms with Crippen molar-refractivity contribution in [2.75, 3.05) is 12.3 Å². The standard InChI is InChI=1S/C19H27N3O2S/c1-13(2)9-17-12-25-19(21(17)11-15-5-4-6-15)20-18-8-7-16(22(23)24)10-14(18)3/h7-8,10,13,15,17H,4-6,9,11-12H2,1-3H3/b20-19-/t17-/m0/s1. The van der Waals surface area contributed by atoms with Crippen LogP contribution in [0.4, 0.5) is 11.4 Å². The number of hydrogen-bond donors (Lipinski definition) is 0. The first-order valence-electron chi connectivity index (χ1n) is 9.17. The Morgan fingerprint density at radius 2 is 2.16 bits per heavy atom. The number of nitro groups is 1. The zero-order valence-electron chi connectivity index (χ0n) is 15.3. The number of thioether (sulfide) groups is 1. The topological polar surface area (TPSA) is 58.7 Å². The quantitative estimate of drug-likeness (QED) is 0.519. The summed E-state index contributed by atoms with van der Waals surface area (Å²) in [7, 11) is 0. The highest BCUT2D eigenvalue weighted by Crippen LogP contribution is 2.36. The molecule has 0 spiro atoms. The summed E-state index contributed by atoms with van der Waals surface area (Å²) in [6.07, 6.45) is 5.21. The van der Waals surface area contributed by atoms with Gasteiger partial charge < -0.3 is 4.90 Å². The molecule has 3 rings (SSSR count). The number of non-ortho nitro benzene ring substituents is 1. The van der Waals surface area contributed by atoms with E-state index in [2.05, 4.69) is 18.7 Å². The highest BCUT2D eigenvalue weighted by Gasteiger charge is 2.33. The Balaban J connectivity index is 1.82. The van der Waals surface area contributed by atoms with E-state index in [0.29, 0.717) is 12.0 Å². The van der Waals surface area contributed by atoms with Gasteiger partial charge in [-0.15, -0.1) is 0 Å². The van der Waals surface area contributed by atoms with Crippen molar-refractivity contribution in [2.45, 2.75) is 52.5 Å². The predicted octanol–water partition coefficient (Wildman–Crippen LogP) is 5.15. The van der Waals surface area contributed by atoms with Crippen molar-refractivity contribution in [2.24, 2.45) is 16.8 Å². The molecule has 1 aliphatic carbocycles. The Labute approximate surface area is 154 Å². The molecular weight excluding hydrogens is 334 g/mol. The van der Waals surface area contributed by atoms with Crippen molar-refractivity contribution in [3.05, 3.63) is 33.9 Å². The summed E-state index contributed by atoms with van der Waals surface area (Å²) in [5, 5.41) is 12.0. The van der Waals surface area contributed by atoms with Crippen LogP contribution < -0.4 is 0 Å². The number of rotatable bonds is 6. The van der Waals surface area contributed by atoms with Gasteiger partial charge in [0.2, 0.25) is 0 Å². The van der Waals surface area contributed by atoms with Gasteiger partial charge in [0.05, 0.1) is 10.6 Å². The summed E-state index contributed by atoms with van der Waals surface area (Å²) in [5.74, 6) is 2.57. The summed E-state index contributed by atoms with van der Waals surface area (Å²) in [6.45, 7) is 7.56. The van der Waals surface area contributed by atoms with Gasteiger partial charge in [0.1, 0.15) is 0 Å². The fraction of sp³-hybridized carbons (Fsp3) is 0.632. The molecule has 1 aromatic rings. The van der Waals surface area contributed by atoms with Crippen LogP contribution in [0, 0.1) is 28.9 Å². The third-order valence-corrected chi connectivity index (χ3v) is 6.26. The molecule has 2 fully saturated rings. The Kier molecular flexibility index (Phi) is 5.67. The second kappa shape index (κ2) is 7.77. The van der Waals surface area contributed by atoms with Gasteiger partial charge in [0.25, 0.3) is 5.69 Å². The van der Waals surface area contributed by atoms with Crippen molar-refractivity contribution < 1.29 is 4.92 Å². The van der Waals surface area contributed by atoms with E-state index in [0.717, 1.165) is 34.6 Å². The third-order valence-electron chi connectivity index (χ3n) is 5.12. The molecule has 1 saturated heterocycles. The van der Waals surface area contributed by atoms with Crippen LogP contribution in [-0.2, 0) is 0 Å². The number of nitro benzene ring substituents is 1. The Hall–Kier alpha value is -1.56. The van der Waals surface area contributed by atoms with Gasteiger partial charge in [0.15, 0.2) is 5.17 Å². The highest BCUT2D eigenvalue weighted by molar-refractivity contribution is 8.14. The van der Waals surface area contributed by atoms with Gasteiger partial charge in [-0.1, -0.05) is 32.0 Å². The Morgan fingerprint density at radius 3 is 2.72 bits per heavy atom. The first kappa shape index (κ1) is 18.2. The molecule has 1 saturated carbocycles. The predicted molar refractivity (Wildman–Crippen MR) is 105 cm³/mol. The van der Waals surface area contributed by atoms with E-state index in [9.17, 15) is 10.1 Å². The number of aliphatic imine (C=N–C) groups is 1. The molecule has 1 heterocycles. The maximum Gasteiger partial charge on any atom is 0.269 e. The maximum atomic E-state index is 10.9. The lowest BCUT2D eigenvalue weighted by atomic mass is 9.85. The fourth-order valence-corrected chi connectivity index (χ4v) is 4.71. The first-order chi connectivity index (χ1) is 11.9. The van der Waals surface area contributed by atoms with Crippen molar-refractivity contribution in [1.82, 2.24) is 4.90 Å². The highest BCUT2D eigenvalue weighted by atomic mass is 32.2. The maximum absolute atomic E-state index is 10.9. The summed E-state index contributed by atoms with van der Waals surface area (Å²) >= 11 is 1.83. The van der Waals surface area contributed by atoms with Gasteiger partial charge >= 0.3 is 0 Å². The van der Waals surface area contributed by atoms with Crippen LogP contribution in [0.15, 0.2) is 23.2 Å². The van der Waals surface area contributed by atoms with Gasteiger partial charge in [-0.3, -0.25) is 10.1 Å². The molecule has 0 radical (unpaired) electrons. The van der Waals surface area contributed by atoms with Gasteiger partial charge in [-0.25, -0.2) is 4.99 Å². The van der Waals surface area contributed by atoms with Gasteiger partial charge in [0, 0.05) is 30.5 Å². The van der Waals surface area contributed by atoms with Crippen molar-refractivity contribution in [1.29, 1.82) is 0 Å². The second-order valence-electron chi connectivity index (χ2n) is 7.67.